The lowest BCUT2D eigenvalue weighted by atomic mass is 10.1. The van der Waals surface area contributed by atoms with Gasteiger partial charge in [-0.25, -0.2) is 13.2 Å². The van der Waals surface area contributed by atoms with E-state index < -0.39 is 44.2 Å². The first-order valence-corrected chi connectivity index (χ1v) is 6.94. The average molecular weight is 344 g/mol. The van der Waals surface area contributed by atoms with Crippen molar-refractivity contribution in [2.45, 2.75) is 12.4 Å². The van der Waals surface area contributed by atoms with Crippen molar-refractivity contribution in [1.82, 2.24) is 0 Å². The minimum Gasteiger partial charge on any atom is -0.373 e. The smallest absolute Gasteiger partial charge is 0.373 e. The summed E-state index contributed by atoms with van der Waals surface area (Å²) in [5, 5.41) is -1.16. The molecule has 0 saturated carbocycles. The minimum absolute atomic E-state index is 0.152. The van der Waals surface area contributed by atoms with Gasteiger partial charge in [0.2, 0.25) is 0 Å². The van der Waals surface area contributed by atoms with Crippen LogP contribution in [-0.2, 0) is 10.1 Å². The van der Waals surface area contributed by atoms with E-state index >= 15 is 0 Å². The lowest BCUT2D eigenvalue weighted by Crippen LogP contribution is -2.28. The van der Waals surface area contributed by atoms with Crippen molar-refractivity contribution in [2.75, 3.05) is 0 Å². The summed E-state index contributed by atoms with van der Waals surface area (Å²) in [6, 6.07) is 2.55. The van der Waals surface area contributed by atoms with Gasteiger partial charge < -0.3 is 4.18 Å². The second-order valence-corrected chi connectivity index (χ2v) is 5.82. The van der Waals surface area contributed by atoms with Gasteiger partial charge in [0.15, 0.2) is 23.2 Å². The molecule has 0 fully saturated rings. The standard InChI is InChI=1S/C12H6F6O3S/c1-5-4-6-2-3-7(21-22(19,20)12(16,17)18)10(14)8(6)11(15)9(5)13/h2-4H,1H3. The highest BCUT2D eigenvalue weighted by molar-refractivity contribution is 7.88. The van der Waals surface area contributed by atoms with Crippen LogP contribution >= 0.6 is 0 Å². The molecule has 2 rings (SSSR count). The van der Waals surface area contributed by atoms with Gasteiger partial charge in [-0.15, -0.1) is 0 Å². The zero-order valence-corrected chi connectivity index (χ0v) is 11.4. The molecule has 22 heavy (non-hydrogen) atoms. The highest BCUT2D eigenvalue weighted by Gasteiger charge is 2.49. The van der Waals surface area contributed by atoms with Crippen molar-refractivity contribution >= 4 is 20.9 Å². The van der Waals surface area contributed by atoms with Crippen molar-refractivity contribution < 1.29 is 38.9 Å². The van der Waals surface area contributed by atoms with Crippen LogP contribution in [0.1, 0.15) is 5.56 Å². The molecule has 0 heterocycles. The molecule has 0 aromatic heterocycles. The van der Waals surface area contributed by atoms with Gasteiger partial charge in [0, 0.05) is 0 Å². The zero-order valence-electron chi connectivity index (χ0n) is 10.6. The predicted molar refractivity (Wildman–Crippen MR) is 64.2 cm³/mol. The lowest BCUT2D eigenvalue weighted by molar-refractivity contribution is -0.0500. The summed E-state index contributed by atoms with van der Waals surface area (Å²) in [5.41, 5.74) is -5.94. The molecule has 120 valence electrons. The summed E-state index contributed by atoms with van der Waals surface area (Å²) in [5.74, 6) is -6.18. The van der Waals surface area contributed by atoms with Gasteiger partial charge >= 0.3 is 15.6 Å². The van der Waals surface area contributed by atoms with E-state index in [4.69, 9.17) is 0 Å². The van der Waals surface area contributed by atoms with Gasteiger partial charge in [0.25, 0.3) is 0 Å². The van der Waals surface area contributed by atoms with Crippen LogP contribution in [0.25, 0.3) is 10.8 Å². The van der Waals surface area contributed by atoms with E-state index in [9.17, 15) is 34.8 Å². The van der Waals surface area contributed by atoms with Crippen LogP contribution in [0.4, 0.5) is 26.3 Å². The molecule has 0 radical (unpaired) electrons. The molecular formula is C12H6F6O3S. The number of benzene rings is 2. The summed E-state index contributed by atoms with van der Waals surface area (Å²) < 4.78 is 103. The highest BCUT2D eigenvalue weighted by atomic mass is 32.2. The highest BCUT2D eigenvalue weighted by Crippen LogP contribution is 2.34. The molecule has 0 aliphatic rings. The molecule has 2 aromatic rings. The lowest BCUT2D eigenvalue weighted by Gasteiger charge is -2.12. The molecule has 0 bridgehead atoms. The molecule has 0 saturated heterocycles. The maximum Gasteiger partial charge on any atom is 0.534 e. The number of hydrogen-bond acceptors (Lipinski definition) is 3. The van der Waals surface area contributed by atoms with Gasteiger partial charge in [-0.05, 0) is 30.0 Å². The zero-order chi connectivity index (χ0) is 16.9. The van der Waals surface area contributed by atoms with Crippen molar-refractivity contribution in [2.24, 2.45) is 0 Å². The summed E-state index contributed by atoms with van der Waals surface area (Å²) >= 11 is 0. The van der Waals surface area contributed by atoms with Gasteiger partial charge in [0.05, 0.1) is 5.39 Å². The summed E-state index contributed by atoms with van der Waals surface area (Å²) in [7, 11) is -6.13. The van der Waals surface area contributed by atoms with Crippen LogP contribution < -0.4 is 4.18 Å². The summed E-state index contributed by atoms with van der Waals surface area (Å²) in [6.07, 6.45) is 0. The van der Waals surface area contributed by atoms with E-state index in [2.05, 4.69) is 4.18 Å². The van der Waals surface area contributed by atoms with Crippen molar-refractivity contribution in [1.29, 1.82) is 0 Å². The average Bonchev–Trinajstić information content (AvgIpc) is 2.38. The fraction of sp³-hybridized carbons (Fsp3) is 0.167. The number of aryl methyl sites for hydroxylation is 1. The molecule has 0 atom stereocenters. The molecule has 0 spiro atoms. The second-order valence-electron chi connectivity index (χ2n) is 4.28. The minimum atomic E-state index is -6.13. The molecular weight excluding hydrogens is 338 g/mol. The van der Waals surface area contributed by atoms with E-state index in [-0.39, 0.29) is 10.9 Å². The third-order valence-electron chi connectivity index (χ3n) is 2.75. The number of alkyl halides is 3. The topological polar surface area (TPSA) is 43.4 Å². The molecule has 10 heteroatoms. The maximum absolute atomic E-state index is 14.0. The van der Waals surface area contributed by atoms with Crippen molar-refractivity contribution in [3.63, 3.8) is 0 Å². The Kier molecular flexibility index (Phi) is 3.76. The Bertz CT molecular complexity index is 858. The third-order valence-corrected chi connectivity index (χ3v) is 3.72. The number of hydrogen-bond donors (Lipinski definition) is 0. The van der Waals surface area contributed by atoms with Crippen molar-refractivity contribution in [3.05, 3.63) is 41.2 Å². The SMILES string of the molecule is Cc1cc2ccc(OS(=O)(=O)C(F)(F)F)c(F)c2c(F)c1F. The Hall–Kier alpha value is -1.97. The largest absolute Gasteiger partial charge is 0.534 e. The third kappa shape index (κ3) is 2.58. The molecule has 2 aromatic carbocycles. The number of rotatable bonds is 2. The van der Waals surface area contributed by atoms with Gasteiger partial charge in [-0.2, -0.15) is 21.6 Å². The monoisotopic (exact) mass is 344 g/mol. The van der Waals surface area contributed by atoms with Crippen molar-refractivity contribution in [3.8, 4) is 5.75 Å². The molecule has 0 unspecified atom stereocenters. The molecule has 0 aliphatic carbocycles. The van der Waals surface area contributed by atoms with Gasteiger partial charge in [0.1, 0.15) is 0 Å². The van der Waals surface area contributed by atoms with E-state index in [1.165, 1.54) is 6.92 Å². The molecule has 0 aliphatic heterocycles. The Labute approximate surface area is 120 Å². The van der Waals surface area contributed by atoms with E-state index in [1.54, 1.807) is 0 Å². The molecule has 0 amide bonds. The number of halogens is 6. The van der Waals surface area contributed by atoms with Crippen LogP contribution in [-0.4, -0.2) is 13.9 Å². The normalized spacial score (nSPS) is 12.7. The van der Waals surface area contributed by atoms with Crippen LogP contribution in [0.5, 0.6) is 5.75 Å². The van der Waals surface area contributed by atoms with E-state index in [0.29, 0.717) is 6.07 Å². The summed E-state index contributed by atoms with van der Waals surface area (Å²) in [6.45, 7) is 1.20. The Morgan fingerprint density at radius 2 is 1.59 bits per heavy atom. The van der Waals surface area contributed by atoms with E-state index in [0.717, 1.165) is 12.1 Å². The molecule has 0 N–H and O–H groups in total. The Morgan fingerprint density at radius 1 is 1.00 bits per heavy atom. The van der Waals surface area contributed by atoms with E-state index in [1.807, 2.05) is 0 Å². The Balaban J connectivity index is 2.67. The molecule has 3 nitrogen and oxygen atoms in total. The first-order valence-electron chi connectivity index (χ1n) is 5.53. The fourth-order valence-corrected chi connectivity index (χ4v) is 2.18. The quantitative estimate of drug-likeness (QED) is 0.473. The van der Waals surface area contributed by atoms with Gasteiger partial charge in [-0.1, -0.05) is 6.07 Å². The van der Waals surface area contributed by atoms with Gasteiger partial charge in [-0.3, -0.25) is 0 Å². The predicted octanol–water partition coefficient (Wildman–Crippen LogP) is 3.79. The van der Waals surface area contributed by atoms with Crippen LogP contribution in [0.2, 0.25) is 0 Å². The summed E-state index contributed by atoms with van der Waals surface area (Å²) in [4.78, 5) is 0. The fourth-order valence-electron chi connectivity index (χ4n) is 1.72. The Morgan fingerprint density at radius 3 is 2.14 bits per heavy atom. The second kappa shape index (κ2) is 5.04. The first-order chi connectivity index (χ1) is 9.95. The maximum atomic E-state index is 14.0. The van der Waals surface area contributed by atoms with Crippen LogP contribution in [0.15, 0.2) is 18.2 Å². The van der Waals surface area contributed by atoms with Crippen LogP contribution in [0, 0.1) is 24.4 Å². The van der Waals surface area contributed by atoms with Crippen LogP contribution in [0.3, 0.4) is 0 Å². The number of fused-ring (bicyclic) bond motifs is 1. The first kappa shape index (κ1) is 16.4.